The smallest absolute Gasteiger partial charge is 0.270 e. The van der Waals surface area contributed by atoms with E-state index in [9.17, 15) is 10.1 Å². The summed E-state index contributed by atoms with van der Waals surface area (Å²) in [5, 5.41) is 15.0. The quantitative estimate of drug-likeness (QED) is 0.684. The van der Waals surface area contributed by atoms with Crippen LogP contribution in [0.15, 0.2) is 30.3 Å². The predicted molar refractivity (Wildman–Crippen MR) is 83.4 cm³/mol. The number of non-ortho nitro benzene ring substituents is 1. The minimum Gasteiger partial charge on any atom is -0.366 e. The first-order chi connectivity index (χ1) is 9.73. The molecule has 21 heavy (non-hydrogen) atoms. The zero-order valence-corrected chi connectivity index (χ0v) is 12.7. The summed E-state index contributed by atoms with van der Waals surface area (Å²) >= 11 is 0. The summed E-state index contributed by atoms with van der Waals surface area (Å²) in [6, 6.07) is 8.88. The Kier molecular flexibility index (Phi) is 2.74. The van der Waals surface area contributed by atoms with Gasteiger partial charge in [0.25, 0.3) is 5.69 Å². The number of benzene rings is 1. The van der Waals surface area contributed by atoms with Crippen LogP contribution in [0, 0.1) is 20.9 Å². The molecule has 0 bridgehead atoms. The molecular formula is C16H19N3O2. The number of nitrogens with one attached hydrogen (secondary N) is 1. The maximum absolute atomic E-state index is 10.8. The van der Waals surface area contributed by atoms with Gasteiger partial charge in [-0.05, 0) is 29.0 Å². The second-order valence-corrected chi connectivity index (χ2v) is 6.85. The summed E-state index contributed by atoms with van der Waals surface area (Å²) in [4.78, 5) is 14.9. The van der Waals surface area contributed by atoms with Gasteiger partial charge in [-0.2, -0.15) is 0 Å². The maximum atomic E-state index is 10.8. The van der Waals surface area contributed by atoms with E-state index in [0.29, 0.717) is 6.04 Å². The van der Waals surface area contributed by atoms with E-state index in [1.54, 1.807) is 12.1 Å². The van der Waals surface area contributed by atoms with E-state index in [1.165, 1.54) is 6.07 Å². The Morgan fingerprint density at radius 1 is 1.14 bits per heavy atom. The van der Waals surface area contributed by atoms with Gasteiger partial charge in [0.2, 0.25) is 0 Å². The molecule has 0 unspecified atom stereocenters. The van der Waals surface area contributed by atoms with E-state index in [4.69, 9.17) is 0 Å². The number of aromatic nitrogens is 1. The van der Waals surface area contributed by atoms with Gasteiger partial charge in [0.1, 0.15) is 5.82 Å². The fourth-order valence-electron chi connectivity index (χ4n) is 3.01. The minimum absolute atomic E-state index is 0.0921. The van der Waals surface area contributed by atoms with E-state index in [1.807, 2.05) is 12.1 Å². The third kappa shape index (κ3) is 2.04. The molecular weight excluding hydrogens is 266 g/mol. The van der Waals surface area contributed by atoms with E-state index in [0.717, 1.165) is 16.7 Å². The predicted octanol–water partition coefficient (Wildman–Crippen LogP) is 3.99. The molecule has 1 heterocycles. The van der Waals surface area contributed by atoms with Crippen LogP contribution in [0.3, 0.4) is 0 Å². The Hall–Kier alpha value is -2.17. The molecule has 1 N–H and O–H groups in total. The Morgan fingerprint density at radius 3 is 2.38 bits per heavy atom. The molecule has 1 aromatic carbocycles. The molecule has 1 aliphatic carbocycles. The van der Waals surface area contributed by atoms with Crippen molar-refractivity contribution >= 4 is 22.4 Å². The summed E-state index contributed by atoms with van der Waals surface area (Å²) < 4.78 is 0. The second-order valence-electron chi connectivity index (χ2n) is 6.85. The third-order valence-corrected chi connectivity index (χ3v) is 5.20. The van der Waals surface area contributed by atoms with Gasteiger partial charge in [-0.25, -0.2) is 4.98 Å². The van der Waals surface area contributed by atoms with Gasteiger partial charge >= 0.3 is 0 Å². The van der Waals surface area contributed by atoms with Crippen molar-refractivity contribution in [3.05, 3.63) is 40.4 Å². The summed E-state index contributed by atoms with van der Waals surface area (Å²) in [6.07, 6.45) is 0. The molecule has 1 saturated carbocycles. The number of nitrogens with zero attached hydrogens (tertiary/aromatic N) is 2. The van der Waals surface area contributed by atoms with Crippen molar-refractivity contribution in [1.82, 2.24) is 4.98 Å². The van der Waals surface area contributed by atoms with Crippen molar-refractivity contribution < 1.29 is 4.92 Å². The topological polar surface area (TPSA) is 68.1 Å². The lowest BCUT2D eigenvalue weighted by Crippen LogP contribution is -2.11. The maximum Gasteiger partial charge on any atom is 0.270 e. The van der Waals surface area contributed by atoms with E-state index in [2.05, 4.69) is 38.0 Å². The van der Waals surface area contributed by atoms with Crippen molar-refractivity contribution in [2.45, 2.75) is 33.7 Å². The molecule has 110 valence electrons. The minimum atomic E-state index is -0.388. The van der Waals surface area contributed by atoms with Crippen molar-refractivity contribution in [3.63, 3.8) is 0 Å². The molecule has 5 heteroatoms. The summed E-state index contributed by atoms with van der Waals surface area (Å²) in [5.41, 5.74) is 1.33. The first-order valence-corrected chi connectivity index (χ1v) is 7.05. The molecule has 1 aromatic heterocycles. The molecule has 0 aliphatic heterocycles. The fraction of sp³-hybridized carbons (Fsp3) is 0.438. The molecule has 2 aromatic rings. The van der Waals surface area contributed by atoms with Crippen molar-refractivity contribution in [2.75, 3.05) is 5.32 Å². The highest BCUT2D eigenvalue weighted by atomic mass is 16.6. The zero-order chi connectivity index (χ0) is 15.4. The Labute approximate surface area is 123 Å². The lowest BCUT2D eigenvalue weighted by atomic mass is 10.0. The van der Waals surface area contributed by atoms with Gasteiger partial charge < -0.3 is 5.32 Å². The number of hydrogen-bond acceptors (Lipinski definition) is 4. The Morgan fingerprint density at radius 2 is 1.81 bits per heavy atom. The number of hydrogen-bond donors (Lipinski definition) is 1. The molecule has 1 aliphatic rings. The highest BCUT2D eigenvalue weighted by molar-refractivity contribution is 5.82. The van der Waals surface area contributed by atoms with Gasteiger partial charge in [0.15, 0.2) is 0 Å². The van der Waals surface area contributed by atoms with Gasteiger partial charge in [-0.15, -0.1) is 0 Å². The SMILES string of the molecule is CC1(C)C(Nc2ccc3cc([N+](=O)[O-])ccc3n2)C1(C)C. The van der Waals surface area contributed by atoms with E-state index in [-0.39, 0.29) is 21.4 Å². The number of nitro groups is 1. The zero-order valence-electron chi connectivity index (χ0n) is 12.7. The normalized spacial score (nSPS) is 19.4. The molecule has 0 spiro atoms. The van der Waals surface area contributed by atoms with Gasteiger partial charge in [-0.3, -0.25) is 10.1 Å². The average molecular weight is 285 g/mol. The third-order valence-electron chi connectivity index (χ3n) is 5.20. The van der Waals surface area contributed by atoms with Crippen LogP contribution < -0.4 is 5.32 Å². The molecule has 0 radical (unpaired) electrons. The molecule has 0 atom stereocenters. The van der Waals surface area contributed by atoms with Crippen LogP contribution in [0.1, 0.15) is 27.7 Å². The average Bonchev–Trinajstić information content (AvgIpc) is 2.80. The summed E-state index contributed by atoms with van der Waals surface area (Å²) in [7, 11) is 0. The Bertz CT molecular complexity index is 723. The lowest BCUT2D eigenvalue weighted by Gasteiger charge is -2.08. The van der Waals surface area contributed by atoms with E-state index < -0.39 is 0 Å². The first kappa shape index (κ1) is 13.8. The van der Waals surface area contributed by atoms with Crippen molar-refractivity contribution in [2.24, 2.45) is 10.8 Å². The van der Waals surface area contributed by atoms with Gasteiger partial charge in [0.05, 0.1) is 10.4 Å². The molecule has 1 fully saturated rings. The van der Waals surface area contributed by atoms with Crippen LogP contribution in [-0.4, -0.2) is 15.9 Å². The monoisotopic (exact) mass is 285 g/mol. The molecule has 0 amide bonds. The number of anilines is 1. The number of pyridine rings is 1. The molecule has 0 saturated heterocycles. The number of rotatable bonds is 3. The van der Waals surface area contributed by atoms with Crippen LogP contribution in [0.25, 0.3) is 10.9 Å². The fourth-order valence-corrected chi connectivity index (χ4v) is 3.01. The van der Waals surface area contributed by atoms with Crippen LogP contribution in [0.5, 0.6) is 0 Å². The van der Waals surface area contributed by atoms with Crippen molar-refractivity contribution in [3.8, 4) is 0 Å². The largest absolute Gasteiger partial charge is 0.366 e. The Balaban J connectivity index is 1.89. The lowest BCUT2D eigenvalue weighted by molar-refractivity contribution is -0.384. The van der Waals surface area contributed by atoms with Gasteiger partial charge in [-0.1, -0.05) is 27.7 Å². The van der Waals surface area contributed by atoms with Crippen LogP contribution in [-0.2, 0) is 0 Å². The van der Waals surface area contributed by atoms with Crippen LogP contribution in [0.2, 0.25) is 0 Å². The number of nitro benzene ring substituents is 1. The highest BCUT2D eigenvalue weighted by Crippen LogP contribution is 2.63. The van der Waals surface area contributed by atoms with Crippen molar-refractivity contribution in [1.29, 1.82) is 0 Å². The number of fused-ring (bicyclic) bond motifs is 1. The summed E-state index contributed by atoms with van der Waals surface area (Å²) in [5.74, 6) is 0.819. The standard InChI is InChI=1S/C16H19N3O2/c1-15(2)14(16(15,3)4)18-13-8-5-10-9-11(19(20)21)6-7-12(10)17-13/h5-9,14H,1-4H3,(H,17,18). The summed E-state index contributed by atoms with van der Waals surface area (Å²) in [6.45, 7) is 8.98. The first-order valence-electron chi connectivity index (χ1n) is 7.05. The van der Waals surface area contributed by atoms with E-state index >= 15 is 0 Å². The second kappa shape index (κ2) is 4.16. The molecule has 5 nitrogen and oxygen atoms in total. The van der Waals surface area contributed by atoms with Crippen LogP contribution in [0.4, 0.5) is 11.5 Å². The van der Waals surface area contributed by atoms with Gasteiger partial charge in [0, 0.05) is 23.6 Å². The molecule has 3 rings (SSSR count). The highest BCUT2D eigenvalue weighted by Gasteiger charge is 2.65. The van der Waals surface area contributed by atoms with Crippen LogP contribution >= 0.6 is 0 Å².